The number of rotatable bonds is 28. The van der Waals surface area contributed by atoms with Crippen LogP contribution in [0.4, 0.5) is 0 Å². The van der Waals surface area contributed by atoms with Gasteiger partial charge in [-0.15, -0.1) is 0 Å². The molecule has 0 unspecified atom stereocenters. The smallest absolute Gasteiger partial charge is 0.306 e. The van der Waals surface area contributed by atoms with Gasteiger partial charge in [-0.2, -0.15) is 0 Å². The predicted molar refractivity (Wildman–Crippen MR) is 260 cm³/mol. The zero-order chi connectivity index (χ0) is 43.3. The summed E-state index contributed by atoms with van der Waals surface area (Å²) < 4.78 is 6.45. The standard InChI is InChI=1S/C58H104O2/c1-10-11-12-13-14-15-16-17-18-19-20-21-22-23-24-25-26-27-28-29-30-31-32-33-34-35-52(59)60-51-40-42-56(7)48-39-43-58(9)53-47(46(2)3)38-41-55(53,6)44-45-57(58,8)49(48)36-37-50(56)54(51,4)5/h39,46-47,49-51,53H,10-38,40-45H2,1-9H3/t47-,49+,50+,51-,53-,55-,56+,57-,58+/m0/s1. The third-order valence-corrected chi connectivity index (χ3v) is 19.8. The maximum atomic E-state index is 13.3. The fourth-order valence-corrected chi connectivity index (χ4v) is 15.8. The fraction of sp³-hybridized carbons (Fsp3) is 0.948. The summed E-state index contributed by atoms with van der Waals surface area (Å²) in [6, 6.07) is 0. The van der Waals surface area contributed by atoms with Crippen LogP contribution in [-0.4, -0.2) is 12.1 Å². The van der Waals surface area contributed by atoms with Crippen molar-refractivity contribution in [2.75, 3.05) is 0 Å². The molecule has 2 nitrogen and oxygen atoms in total. The maximum Gasteiger partial charge on any atom is 0.306 e. The minimum Gasteiger partial charge on any atom is -0.462 e. The Morgan fingerprint density at radius 1 is 0.583 bits per heavy atom. The zero-order valence-electron chi connectivity index (χ0n) is 42.1. The van der Waals surface area contributed by atoms with Crippen LogP contribution in [0.2, 0.25) is 0 Å². The van der Waals surface area contributed by atoms with Gasteiger partial charge >= 0.3 is 5.97 Å². The van der Waals surface area contributed by atoms with E-state index < -0.39 is 0 Å². The van der Waals surface area contributed by atoms with Crippen LogP contribution in [0.25, 0.3) is 0 Å². The Morgan fingerprint density at radius 3 is 1.55 bits per heavy atom. The number of carbonyl (C=O) groups is 1. The van der Waals surface area contributed by atoms with Crippen molar-refractivity contribution in [3.8, 4) is 0 Å². The van der Waals surface area contributed by atoms with Crippen LogP contribution in [0.5, 0.6) is 0 Å². The molecule has 60 heavy (non-hydrogen) atoms. The van der Waals surface area contributed by atoms with E-state index >= 15 is 0 Å². The normalized spacial score (nSPS) is 34.4. The van der Waals surface area contributed by atoms with Crippen LogP contribution in [-0.2, 0) is 9.53 Å². The van der Waals surface area contributed by atoms with Crippen LogP contribution in [0.15, 0.2) is 11.6 Å². The summed E-state index contributed by atoms with van der Waals surface area (Å²) in [4.78, 5) is 13.3. The molecule has 0 amide bonds. The lowest BCUT2D eigenvalue weighted by Gasteiger charge is -2.69. The fourth-order valence-electron chi connectivity index (χ4n) is 15.8. The molecular formula is C58H104O2. The van der Waals surface area contributed by atoms with Crippen molar-refractivity contribution in [1.82, 2.24) is 0 Å². The van der Waals surface area contributed by atoms with Crippen molar-refractivity contribution in [2.45, 2.75) is 293 Å². The third kappa shape index (κ3) is 11.9. The largest absolute Gasteiger partial charge is 0.462 e. The molecule has 0 aliphatic heterocycles. The number of esters is 1. The molecule has 0 heterocycles. The second kappa shape index (κ2) is 23.4. The first kappa shape index (κ1) is 50.2. The van der Waals surface area contributed by atoms with Gasteiger partial charge in [0.05, 0.1) is 0 Å². The molecule has 0 N–H and O–H groups in total. The molecule has 0 bridgehead atoms. The van der Waals surface area contributed by atoms with E-state index in [1.165, 1.54) is 205 Å². The van der Waals surface area contributed by atoms with Crippen molar-refractivity contribution in [3.05, 3.63) is 11.6 Å². The third-order valence-electron chi connectivity index (χ3n) is 19.8. The first-order valence-corrected chi connectivity index (χ1v) is 27.6. The van der Waals surface area contributed by atoms with Crippen LogP contribution < -0.4 is 0 Å². The van der Waals surface area contributed by atoms with Gasteiger partial charge in [0.15, 0.2) is 0 Å². The lowest BCUT2D eigenvalue weighted by atomic mass is 9.35. The number of unbranched alkanes of at least 4 members (excludes halogenated alkanes) is 24. The summed E-state index contributed by atoms with van der Waals surface area (Å²) in [7, 11) is 0. The zero-order valence-corrected chi connectivity index (χ0v) is 42.1. The summed E-state index contributed by atoms with van der Waals surface area (Å²) in [6.07, 6.45) is 50.5. The first-order chi connectivity index (χ1) is 28.7. The highest BCUT2D eigenvalue weighted by molar-refractivity contribution is 5.69. The van der Waals surface area contributed by atoms with E-state index in [0.29, 0.717) is 28.6 Å². The minimum atomic E-state index is 0.0153. The van der Waals surface area contributed by atoms with Crippen molar-refractivity contribution in [3.63, 3.8) is 0 Å². The van der Waals surface area contributed by atoms with Crippen LogP contribution in [0, 0.1) is 56.7 Å². The quantitative estimate of drug-likeness (QED) is 0.0446. The van der Waals surface area contributed by atoms with Crippen molar-refractivity contribution < 1.29 is 9.53 Å². The second-order valence-corrected chi connectivity index (χ2v) is 24.5. The molecule has 4 saturated carbocycles. The Balaban J connectivity index is 0.897. The molecule has 5 rings (SSSR count). The Labute approximate surface area is 375 Å². The monoisotopic (exact) mass is 833 g/mol. The highest BCUT2D eigenvalue weighted by atomic mass is 16.5. The van der Waals surface area contributed by atoms with Gasteiger partial charge in [0.2, 0.25) is 0 Å². The van der Waals surface area contributed by atoms with E-state index in [0.717, 1.165) is 36.5 Å². The highest BCUT2D eigenvalue weighted by Crippen LogP contribution is 2.76. The van der Waals surface area contributed by atoms with Gasteiger partial charge in [-0.1, -0.05) is 228 Å². The lowest BCUT2D eigenvalue weighted by molar-refractivity contribution is -0.182. The molecule has 0 aromatic heterocycles. The van der Waals surface area contributed by atoms with E-state index in [1.807, 2.05) is 5.57 Å². The molecule has 0 saturated heterocycles. The van der Waals surface area contributed by atoms with Gasteiger partial charge in [0.1, 0.15) is 6.10 Å². The molecule has 9 atom stereocenters. The SMILES string of the molecule is CCCCCCCCCCCCCCCCCCCCCCCCCCCC(=O)O[C@H]1CC[C@]2(C)C3=CC[C@]4(C)[C@H]5[C@H](C(C)C)CC[C@@]5(C)CC[C@@]4(C)[C@@H]3CC[C@@H]2C1(C)C. The number of ether oxygens (including phenoxy) is 1. The van der Waals surface area contributed by atoms with Crippen molar-refractivity contribution in [1.29, 1.82) is 0 Å². The average Bonchev–Trinajstić information content (AvgIpc) is 3.58. The van der Waals surface area contributed by atoms with Gasteiger partial charge in [-0.25, -0.2) is 0 Å². The van der Waals surface area contributed by atoms with Gasteiger partial charge < -0.3 is 4.74 Å². The minimum absolute atomic E-state index is 0.0153. The molecule has 0 aromatic rings. The van der Waals surface area contributed by atoms with Crippen molar-refractivity contribution >= 4 is 5.97 Å². The highest BCUT2D eigenvalue weighted by Gasteiger charge is 2.68. The predicted octanol–water partition coefficient (Wildman–Crippen LogP) is 18.7. The van der Waals surface area contributed by atoms with E-state index in [9.17, 15) is 4.79 Å². The molecule has 0 spiro atoms. The molecule has 4 fully saturated rings. The summed E-state index contributed by atoms with van der Waals surface area (Å²) >= 11 is 0. The number of carbonyl (C=O) groups excluding carboxylic acids is 1. The number of hydrogen-bond donors (Lipinski definition) is 0. The lowest BCUT2D eigenvalue weighted by Crippen LogP contribution is -2.62. The summed E-state index contributed by atoms with van der Waals surface area (Å²) in [6.45, 7) is 23.1. The van der Waals surface area contributed by atoms with Gasteiger partial charge in [-0.05, 0) is 115 Å². The first-order valence-electron chi connectivity index (χ1n) is 27.6. The molecule has 0 aromatic carbocycles. The molecule has 5 aliphatic rings. The molecular weight excluding hydrogens is 729 g/mol. The summed E-state index contributed by atoms with van der Waals surface area (Å²) in [5, 5.41) is 0. The molecule has 348 valence electrons. The van der Waals surface area contributed by atoms with Crippen LogP contribution in [0.1, 0.15) is 287 Å². The topological polar surface area (TPSA) is 26.3 Å². The van der Waals surface area contributed by atoms with Crippen LogP contribution in [0.3, 0.4) is 0 Å². The van der Waals surface area contributed by atoms with E-state index in [1.54, 1.807) is 0 Å². The van der Waals surface area contributed by atoms with Crippen LogP contribution >= 0.6 is 0 Å². The Bertz CT molecular complexity index is 1290. The molecule has 5 aliphatic carbocycles. The Kier molecular flexibility index (Phi) is 19.6. The average molecular weight is 833 g/mol. The second-order valence-electron chi connectivity index (χ2n) is 24.5. The Morgan fingerprint density at radius 2 is 1.07 bits per heavy atom. The van der Waals surface area contributed by atoms with Crippen molar-refractivity contribution in [2.24, 2.45) is 56.7 Å². The van der Waals surface area contributed by atoms with E-state index in [2.05, 4.69) is 68.4 Å². The molecule has 0 radical (unpaired) electrons. The number of hydrogen-bond acceptors (Lipinski definition) is 2. The Hall–Kier alpha value is -0.790. The van der Waals surface area contributed by atoms with Gasteiger partial charge in [0, 0.05) is 11.8 Å². The maximum absolute atomic E-state index is 13.3. The molecule has 2 heteroatoms. The number of fused-ring (bicyclic) bond motifs is 7. The number of allylic oxidation sites excluding steroid dienone is 2. The summed E-state index contributed by atoms with van der Waals surface area (Å²) in [5.74, 6) is 3.90. The summed E-state index contributed by atoms with van der Waals surface area (Å²) in [5.41, 5.74) is 3.40. The van der Waals surface area contributed by atoms with Gasteiger partial charge in [0.25, 0.3) is 0 Å². The van der Waals surface area contributed by atoms with Gasteiger partial charge in [-0.3, -0.25) is 4.79 Å². The van der Waals surface area contributed by atoms with E-state index in [-0.39, 0.29) is 22.9 Å². The van der Waals surface area contributed by atoms with E-state index in [4.69, 9.17) is 4.74 Å².